The zero-order chi connectivity index (χ0) is 19.6. The van der Waals surface area contributed by atoms with Crippen LogP contribution in [0, 0.1) is 0 Å². The number of carbonyl (C=O) groups is 1. The van der Waals surface area contributed by atoms with Crippen molar-refractivity contribution in [1.29, 1.82) is 0 Å². The molecule has 0 saturated heterocycles. The largest absolute Gasteiger partial charge is 0.337 e. The number of anilines is 1. The van der Waals surface area contributed by atoms with Crippen molar-refractivity contribution < 1.29 is 17.7 Å². The second-order valence-electron chi connectivity index (χ2n) is 5.93. The van der Waals surface area contributed by atoms with Crippen molar-refractivity contribution in [1.82, 2.24) is 15.0 Å². The van der Waals surface area contributed by atoms with Gasteiger partial charge in [-0.3, -0.25) is 9.10 Å². The Morgan fingerprint density at radius 1 is 1.22 bits per heavy atom. The van der Waals surface area contributed by atoms with E-state index in [0.29, 0.717) is 23.0 Å². The second-order valence-corrected chi connectivity index (χ2v) is 8.89. The Balaban J connectivity index is 1.74. The topological polar surface area (TPSA) is 96.6 Å². The van der Waals surface area contributed by atoms with Crippen molar-refractivity contribution in [3.8, 4) is 10.7 Å². The molecule has 0 aliphatic carbocycles. The highest BCUT2D eigenvalue weighted by Gasteiger charge is 2.18. The van der Waals surface area contributed by atoms with Gasteiger partial charge >= 0.3 is 0 Å². The fourth-order valence-electron chi connectivity index (χ4n) is 2.35. The van der Waals surface area contributed by atoms with Crippen LogP contribution >= 0.6 is 11.3 Å². The van der Waals surface area contributed by atoms with E-state index >= 15 is 0 Å². The van der Waals surface area contributed by atoms with Crippen LogP contribution in [0.25, 0.3) is 10.7 Å². The zero-order valence-corrected chi connectivity index (χ0v) is 16.6. The minimum Gasteiger partial charge on any atom is -0.337 e. The maximum absolute atomic E-state index is 12.7. The summed E-state index contributed by atoms with van der Waals surface area (Å²) >= 11 is 1.50. The van der Waals surface area contributed by atoms with Crippen molar-refractivity contribution in [3.63, 3.8) is 0 Å². The molecule has 3 aromatic rings. The van der Waals surface area contributed by atoms with Gasteiger partial charge < -0.3 is 9.42 Å². The number of sulfonamides is 1. The van der Waals surface area contributed by atoms with E-state index < -0.39 is 10.0 Å². The molecule has 0 unspecified atom stereocenters. The van der Waals surface area contributed by atoms with Crippen molar-refractivity contribution in [2.24, 2.45) is 0 Å². The maximum Gasteiger partial charge on any atom is 0.254 e. The lowest BCUT2D eigenvalue weighted by molar-refractivity contribution is 0.0769. The molecule has 0 aliphatic rings. The van der Waals surface area contributed by atoms with Crippen LogP contribution in [0.2, 0.25) is 0 Å². The molecule has 0 aliphatic heterocycles. The number of carbonyl (C=O) groups excluding carboxylic acids is 1. The lowest BCUT2D eigenvalue weighted by Gasteiger charge is -2.19. The molecule has 0 atom stereocenters. The van der Waals surface area contributed by atoms with Gasteiger partial charge in [-0.05, 0) is 29.6 Å². The smallest absolute Gasteiger partial charge is 0.254 e. The van der Waals surface area contributed by atoms with Crippen molar-refractivity contribution in [2.75, 3.05) is 24.7 Å². The van der Waals surface area contributed by atoms with Crippen LogP contribution in [-0.4, -0.2) is 49.7 Å². The number of nitrogens with zero attached hydrogens (tertiary/aromatic N) is 4. The summed E-state index contributed by atoms with van der Waals surface area (Å²) in [6, 6.07) is 10.2. The lowest BCUT2D eigenvalue weighted by atomic mass is 10.2. The number of hydrogen-bond donors (Lipinski definition) is 0. The predicted molar refractivity (Wildman–Crippen MR) is 103 cm³/mol. The van der Waals surface area contributed by atoms with Gasteiger partial charge in [0.05, 0.1) is 23.4 Å². The van der Waals surface area contributed by atoms with Crippen molar-refractivity contribution in [2.45, 2.75) is 6.54 Å². The van der Waals surface area contributed by atoms with Crippen LogP contribution in [-0.2, 0) is 16.6 Å². The van der Waals surface area contributed by atoms with E-state index in [9.17, 15) is 13.2 Å². The highest BCUT2D eigenvalue weighted by Crippen LogP contribution is 2.22. The summed E-state index contributed by atoms with van der Waals surface area (Å²) in [7, 11) is -0.357. The fourth-order valence-corrected chi connectivity index (χ4v) is 3.49. The van der Waals surface area contributed by atoms with Crippen LogP contribution in [0.15, 0.2) is 46.3 Å². The van der Waals surface area contributed by atoms with Crippen molar-refractivity contribution in [3.05, 3.63) is 53.2 Å². The third-order valence-corrected chi connectivity index (χ3v) is 5.95. The molecule has 0 radical (unpaired) electrons. The Bertz CT molecular complexity index is 1040. The van der Waals surface area contributed by atoms with Crippen LogP contribution in [0.4, 0.5) is 5.69 Å². The molecule has 27 heavy (non-hydrogen) atoms. The van der Waals surface area contributed by atoms with E-state index in [-0.39, 0.29) is 12.5 Å². The monoisotopic (exact) mass is 406 g/mol. The molecule has 0 fully saturated rings. The average Bonchev–Trinajstić information content (AvgIpc) is 3.31. The number of amides is 1. The minimum absolute atomic E-state index is 0.142. The second kappa shape index (κ2) is 7.49. The first kappa shape index (κ1) is 19.1. The third kappa shape index (κ3) is 4.34. The zero-order valence-electron chi connectivity index (χ0n) is 15.0. The number of thiophene rings is 1. The summed E-state index contributed by atoms with van der Waals surface area (Å²) in [5, 5.41) is 5.84. The first-order chi connectivity index (χ1) is 12.8. The van der Waals surface area contributed by atoms with Gasteiger partial charge in [-0.1, -0.05) is 17.3 Å². The summed E-state index contributed by atoms with van der Waals surface area (Å²) in [5.74, 6) is 0.519. The Kier molecular flexibility index (Phi) is 5.29. The standard InChI is InChI=1S/C17H18N4O4S2/c1-20(11-15-18-16(19-25-15)14-8-5-9-26-14)17(22)12-6-4-7-13(10-12)21(2)27(3,23)24/h4-10H,11H2,1-3H3. The highest BCUT2D eigenvalue weighted by molar-refractivity contribution is 7.92. The highest BCUT2D eigenvalue weighted by atomic mass is 32.2. The number of rotatable bonds is 6. The summed E-state index contributed by atoms with van der Waals surface area (Å²) in [5.41, 5.74) is 0.776. The molecule has 10 heteroatoms. The summed E-state index contributed by atoms with van der Waals surface area (Å²) in [6.07, 6.45) is 1.11. The van der Waals surface area contributed by atoms with E-state index in [0.717, 1.165) is 15.4 Å². The molecule has 142 valence electrons. The summed E-state index contributed by atoms with van der Waals surface area (Å²) in [4.78, 5) is 19.3. The van der Waals surface area contributed by atoms with Gasteiger partial charge in [-0.2, -0.15) is 4.98 Å². The van der Waals surface area contributed by atoms with Crippen LogP contribution in [0.5, 0.6) is 0 Å². The van der Waals surface area contributed by atoms with Gasteiger partial charge in [0, 0.05) is 19.7 Å². The normalized spacial score (nSPS) is 11.4. The Morgan fingerprint density at radius 3 is 2.67 bits per heavy atom. The molecule has 3 rings (SSSR count). The van der Waals surface area contributed by atoms with E-state index in [1.165, 1.54) is 29.4 Å². The lowest BCUT2D eigenvalue weighted by Crippen LogP contribution is -2.28. The maximum atomic E-state index is 12.7. The van der Waals surface area contributed by atoms with E-state index in [1.807, 2.05) is 17.5 Å². The summed E-state index contributed by atoms with van der Waals surface area (Å²) in [6.45, 7) is 0.142. The molecular formula is C17H18N4O4S2. The SMILES string of the molecule is CN(Cc1nc(-c2cccs2)no1)C(=O)c1cccc(N(C)S(C)(=O)=O)c1. The van der Waals surface area contributed by atoms with Crippen molar-refractivity contribution >= 4 is 33.0 Å². The minimum atomic E-state index is -3.41. The first-order valence-corrected chi connectivity index (χ1v) is 10.6. The molecule has 2 heterocycles. The predicted octanol–water partition coefficient (Wildman–Crippen LogP) is 2.47. The van der Waals surface area contributed by atoms with E-state index in [4.69, 9.17) is 4.52 Å². The van der Waals surface area contributed by atoms with Gasteiger partial charge in [0.15, 0.2) is 0 Å². The third-order valence-electron chi connectivity index (χ3n) is 3.88. The molecule has 0 N–H and O–H groups in total. The van der Waals surface area contributed by atoms with Crippen LogP contribution in [0.1, 0.15) is 16.2 Å². The molecule has 1 amide bonds. The van der Waals surface area contributed by atoms with E-state index in [2.05, 4.69) is 10.1 Å². The van der Waals surface area contributed by atoms with Gasteiger partial charge in [-0.25, -0.2) is 8.42 Å². The Morgan fingerprint density at radius 2 is 2.00 bits per heavy atom. The fraction of sp³-hybridized carbons (Fsp3) is 0.235. The van der Waals surface area contributed by atoms with Gasteiger partial charge in [0.1, 0.15) is 0 Å². The Hall–Kier alpha value is -2.72. The molecule has 1 aromatic carbocycles. The average molecular weight is 406 g/mol. The number of benzene rings is 1. The van der Waals surface area contributed by atoms with Gasteiger partial charge in [0.25, 0.3) is 5.91 Å². The molecule has 0 saturated carbocycles. The van der Waals surface area contributed by atoms with Gasteiger partial charge in [-0.15, -0.1) is 11.3 Å². The molecular weight excluding hydrogens is 388 g/mol. The van der Waals surface area contributed by atoms with Gasteiger partial charge in [0.2, 0.25) is 21.7 Å². The molecule has 8 nitrogen and oxygen atoms in total. The molecule has 0 bridgehead atoms. The van der Waals surface area contributed by atoms with E-state index in [1.54, 1.807) is 25.2 Å². The van der Waals surface area contributed by atoms with Crippen LogP contribution in [0.3, 0.4) is 0 Å². The molecule has 2 aromatic heterocycles. The first-order valence-electron chi connectivity index (χ1n) is 7.91. The van der Waals surface area contributed by atoms with Crippen LogP contribution < -0.4 is 4.31 Å². The number of hydrogen-bond acceptors (Lipinski definition) is 7. The Labute approximate surface area is 161 Å². The summed E-state index contributed by atoms with van der Waals surface area (Å²) < 4.78 is 29.7. The molecule has 0 spiro atoms. The quantitative estimate of drug-likeness (QED) is 0.624. The number of aromatic nitrogens is 2.